The van der Waals surface area contributed by atoms with E-state index < -0.39 is 0 Å². The zero-order valence-electron chi connectivity index (χ0n) is 12.6. The number of rotatable bonds is 3. The molecule has 1 atom stereocenters. The maximum absolute atomic E-state index is 12.1. The summed E-state index contributed by atoms with van der Waals surface area (Å²) in [6, 6.07) is 4.35. The van der Waals surface area contributed by atoms with Gasteiger partial charge in [0, 0.05) is 13.1 Å². The Labute approximate surface area is 127 Å². The molecule has 2 rings (SSSR count). The minimum absolute atomic E-state index is 0. The minimum Gasteiger partial charge on any atom is -0.352 e. The lowest BCUT2D eigenvalue weighted by Crippen LogP contribution is -2.40. The van der Waals surface area contributed by atoms with Crippen LogP contribution in [-0.4, -0.2) is 19.0 Å². The first-order chi connectivity index (χ1) is 9.08. The van der Waals surface area contributed by atoms with Gasteiger partial charge in [0.15, 0.2) is 0 Å². The molecule has 1 saturated heterocycles. The normalized spacial score (nSPS) is 18.2. The summed E-state index contributed by atoms with van der Waals surface area (Å²) in [5.74, 6) is 0.325. The first-order valence-corrected chi connectivity index (χ1v) is 7.13. The van der Waals surface area contributed by atoms with Crippen molar-refractivity contribution in [3.8, 4) is 0 Å². The van der Waals surface area contributed by atoms with E-state index in [9.17, 15) is 4.79 Å². The van der Waals surface area contributed by atoms with Crippen molar-refractivity contribution in [1.29, 1.82) is 0 Å². The Hall–Kier alpha value is -1.06. The molecule has 0 saturated carbocycles. The number of hydrogen-bond acceptors (Lipinski definition) is 2. The molecule has 1 aromatic carbocycles. The number of carbonyl (C=O) groups excluding carboxylic acids is 1. The molecule has 4 heteroatoms. The van der Waals surface area contributed by atoms with Crippen LogP contribution in [0.1, 0.15) is 35.1 Å². The highest BCUT2D eigenvalue weighted by atomic mass is 35.5. The Balaban J connectivity index is 0.00000200. The summed E-state index contributed by atoms with van der Waals surface area (Å²) in [7, 11) is 0. The van der Waals surface area contributed by atoms with Crippen LogP contribution in [0.4, 0.5) is 0 Å². The van der Waals surface area contributed by atoms with E-state index in [2.05, 4.69) is 43.5 Å². The number of carbonyl (C=O) groups is 1. The molecule has 1 aliphatic heterocycles. The zero-order chi connectivity index (χ0) is 13.8. The van der Waals surface area contributed by atoms with Gasteiger partial charge in [-0.3, -0.25) is 4.79 Å². The van der Waals surface area contributed by atoms with E-state index in [0.717, 1.165) is 25.9 Å². The molecule has 0 bridgehead atoms. The number of piperidine rings is 1. The molecule has 1 heterocycles. The fourth-order valence-corrected chi connectivity index (χ4v) is 2.88. The average Bonchev–Trinajstić information content (AvgIpc) is 2.38. The Morgan fingerprint density at radius 2 is 1.95 bits per heavy atom. The Morgan fingerprint density at radius 3 is 2.50 bits per heavy atom. The third kappa shape index (κ3) is 4.22. The highest BCUT2D eigenvalue weighted by molar-refractivity contribution is 5.85. The predicted octanol–water partition coefficient (Wildman–Crippen LogP) is 2.65. The second-order valence-corrected chi connectivity index (χ2v) is 5.64. The summed E-state index contributed by atoms with van der Waals surface area (Å²) >= 11 is 0. The van der Waals surface area contributed by atoms with Crippen molar-refractivity contribution in [2.24, 2.45) is 5.92 Å². The van der Waals surface area contributed by atoms with Gasteiger partial charge in [-0.1, -0.05) is 17.7 Å². The van der Waals surface area contributed by atoms with Crippen molar-refractivity contribution < 1.29 is 4.79 Å². The van der Waals surface area contributed by atoms with Crippen LogP contribution >= 0.6 is 12.4 Å². The van der Waals surface area contributed by atoms with E-state index in [4.69, 9.17) is 0 Å². The molecule has 0 radical (unpaired) electrons. The summed E-state index contributed by atoms with van der Waals surface area (Å²) in [4.78, 5) is 12.1. The number of amides is 1. The van der Waals surface area contributed by atoms with Gasteiger partial charge in [-0.15, -0.1) is 12.4 Å². The lowest BCUT2D eigenvalue weighted by atomic mass is 9.97. The van der Waals surface area contributed by atoms with Crippen LogP contribution in [0.2, 0.25) is 0 Å². The van der Waals surface area contributed by atoms with Gasteiger partial charge >= 0.3 is 0 Å². The van der Waals surface area contributed by atoms with Gasteiger partial charge in [-0.2, -0.15) is 0 Å². The molecular weight excluding hydrogens is 272 g/mol. The molecule has 0 aromatic heterocycles. The Bertz CT molecular complexity index is 445. The van der Waals surface area contributed by atoms with Crippen LogP contribution in [0.5, 0.6) is 0 Å². The van der Waals surface area contributed by atoms with Gasteiger partial charge in [0.05, 0.1) is 5.92 Å². The molecule has 1 aliphatic rings. The molecule has 1 aromatic rings. The molecule has 2 N–H and O–H groups in total. The second-order valence-electron chi connectivity index (χ2n) is 5.64. The van der Waals surface area contributed by atoms with Crippen molar-refractivity contribution in [1.82, 2.24) is 10.6 Å². The van der Waals surface area contributed by atoms with Gasteiger partial charge in [0.1, 0.15) is 0 Å². The van der Waals surface area contributed by atoms with Crippen LogP contribution in [0, 0.1) is 26.7 Å². The summed E-state index contributed by atoms with van der Waals surface area (Å²) in [6.45, 7) is 8.84. The van der Waals surface area contributed by atoms with E-state index in [-0.39, 0.29) is 24.2 Å². The maximum Gasteiger partial charge on any atom is 0.224 e. The van der Waals surface area contributed by atoms with Crippen molar-refractivity contribution >= 4 is 18.3 Å². The molecule has 1 amide bonds. The highest BCUT2D eigenvalue weighted by Crippen LogP contribution is 2.17. The SMILES string of the molecule is Cc1cc(C)c(CNC(=O)C2CCCNC2)c(C)c1.Cl. The van der Waals surface area contributed by atoms with Gasteiger partial charge < -0.3 is 10.6 Å². The standard InChI is InChI=1S/C16H24N2O.ClH/c1-11-7-12(2)15(13(3)8-11)10-18-16(19)14-5-4-6-17-9-14;/h7-8,14,17H,4-6,9-10H2,1-3H3,(H,18,19);1H. The largest absolute Gasteiger partial charge is 0.352 e. The molecule has 1 unspecified atom stereocenters. The minimum atomic E-state index is 0. The van der Waals surface area contributed by atoms with Gasteiger partial charge in [-0.05, 0) is 56.8 Å². The lowest BCUT2D eigenvalue weighted by Gasteiger charge is -2.22. The summed E-state index contributed by atoms with van der Waals surface area (Å²) in [6.07, 6.45) is 2.10. The monoisotopic (exact) mass is 296 g/mol. The van der Waals surface area contributed by atoms with Crippen LogP contribution in [0.15, 0.2) is 12.1 Å². The summed E-state index contributed by atoms with van der Waals surface area (Å²) in [5.41, 5.74) is 5.06. The lowest BCUT2D eigenvalue weighted by molar-refractivity contribution is -0.125. The molecule has 0 aliphatic carbocycles. The third-order valence-electron chi connectivity index (χ3n) is 3.95. The number of benzene rings is 1. The average molecular weight is 297 g/mol. The quantitative estimate of drug-likeness (QED) is 0.900. The van der Waals surface area contributed by atoms with E-state index in [0.29, 0.717) is 6.54 Å². The van der Waals surface area contributed by atoms with Gasteiger partial charge in [0.25, 0.3) is 0 Å². The van der Waals surface area contributed by atoms with Crippen molar-refractivity contribution in [3.63, 3.8) is 0 Å². The van der Waals surface area contributed by atoms with Crippen LogP contribution < -0.4 is 10.6 Å². The zero-order valence-corrected chi connectivity index (χ0v) is 13.4. The number of hydrogen-bond donors (Lipinski definition) is 2. The second kappa shape index (κ2) is 7.65. The molecule has 0 spiro atoms. The van der Waals surface area contributed by atoms with Crippen molar-refractivity contribution in [2.75, 3.05) is 13.1 Å². The number of nitrogens with one attached hydrogen (secondary N) is 2. The molecule has 20 heavy (non-hydrogen) atoms. The Morgan fingerprint density at radius 1 is 1.30 bits per heavy atom. The van der Waals surface area contributed by atoms with Crippen LogP contribution in [-0.2, 0) is 11.3 Å². The topological polar surface area (TPSA) is 41.1 Å². The molecular formula is C16H25ClN2O. The fourth-order valence-electron chi connectivity index (χ4n) is 2.88. The fraction of sp³-hybridized carbons (Fsp3) is 0.562. The van der Waals surface area contributed by atoms with E-state index in [1.54, 1.807) is 0 Å². The van der Waals surface area contributed by atoms with Crippen LogP contribution in [0.25, 0.3) is 0 Å². The maximum atomic E-state index is 12.1. The number of halogens is 1. The Kier molecular flexibility index (Phi) is 6.50. The van der Waals surface area contributed by atoms with Gasteiger partial charge in [-0.25, -0.2) is 0 Å². The van der Waals surface area contributed by atoms with Crippen LogP contribution in [0.3, 0.4) is 0 Å². The predicted molar refractivity (Wildman–Crippen MR) is 85.3 cm³/mol. The first kappa shape index (κ1) is 17.0. The van der Waals surface area contributed by atoms with E-state index >= 15 is 0 Å². The summed E-state index contributed by atoms with van der Waals surface area (Å²) in [5, 5.41) is 6.37. The molecule has 3 nitrogen and oxygen atoms in total. The van der Waals surface area contributed by atoms with E-state index in [1.165, 1.54) is 22.3 Å². The van der Waals surface area contributed by atoms with Gasteiger partial charge in [0.2, 0.25) is 5.91 Å². The summed E-state index contributed by atoms with van der Waals surface area (Å²) < 4.78 is 0. The molecule has 112 valence electrons. The van der Waals surface area contributed by atoms with Crippen molar-refractivity contribution in [2.45, 2.75) is 40.2 Å². The molecule has 1 fully saturated rings. The van der Waals surface area contributed by atoms with E-state index in [1.807, 2.05) is 0 Å². The third-order valence-corrected chi connectivity index (χ3v) is 3.95. The highest BCUT2D eigenvalue weighted by Gasteiger charge is 2.20. The smallest absolute Gasteiger partial charge is 0.224 e. The van der Waals surface area contributed by atoms with Crippen molar-refractivity contribution in [3.05, 3.63) is 34.4 Å². The number of aryl methyl sites for hydroxylation is 3. The first-order valence-electron chi connectivity index (χ1n) is 7.13.